The van der Waals surface area contributed by atoms with E-state index in [-0.39, 0.29) is 11.9 Å². The van der Waals surface area contributed by atoms with Crippen molar-refractivity contribution in [3.63, 3.8) is 0 Å². The number of hydrogen-bond acceptors (Lipinski definition) is 6. The molecule has 0 unspecified atom stereocenters. The highest BCUT2D eigenvalue weighted by atomic mass is 16.5. The van der Waals surface area contributed by atoms with Crippen LogP contribution in [0.5, 0.6) is 5.75 Å². The standard InChI is InChI=1S/C32H36N4O3/c1-39-31-26-11-5-4-10-25(26)24(18-27(31)32(38)34-28-12-6-7-13-29(28)37)21-35-14-16-36(17-15-35)30-19-22-8-2-3-9-23(22)20-33-30/h2-5,8-11,18-20,28-29,37H,6-7,12-17,21H2,1H3,(H,34,38)/t28-,29-/m0/s1. The van der Waals surface area contributed by atoms with Gasteiger partial charge in [-0.1, -0.05) is 61.4 Å². The van der Waals surface area contributed by atoms with Crippen molar-refractivity contribution >= 4 is 33.3 Å². The zero-order valence-corrected chi connectivity index (χ0v) is 22.5. The highest BCUT2D eigenvalue weighted by Gasteiger charge is 2.27. The number of ether oxygens (including phenoxy) is 1. The van der Waals surface area contributed by atoms with E-state index in [1.54, 1.807) is 7.11 Å². The van der Waals surface area contributed by atoms with Gasteiger partial charge in [-0.25, -0.2) is 4.98 Å². The van der Waals surface area contributed by atoms with Crippen LogP contribution in [0.25, 0.3) is 21.5 Å². The number of piperazine rings is 1. The Hall–Kier alpha value is -3.68. The monoisotopic (exact) mass is 524 g/mol. The molecule has 0 spiro atoms. The molecule has 0 bridgehead atoms. The number of aromatic nitrogens is 1. The van der Waals surface area contributed by atoms with E-state index in [1.807, 2.05) is 36.5 Å². The van der Waals surface area contributed by atoms with Crippen molar-refractivity contribution in [1.82, 2.24) is 15.2 Å². The number of carbonyl (C=O) groups excluding carboxylic acids is 1. The Balaban J connectivity index is 1.22. The van der Waals surface area contributed by atoms with Crippen molar-refractivity contribution in [2.24, 2.45) is 0 Å². The lowest BCUT2D eigenvalue weighted by atomic mass is 9.92. The Kier molecular flexibility index (Phi) is 7.35. The zero-order valence-electron chi connectivity index (χ0n) is 22.5. The predicted octanol–water partition coefficient (Wildman–Crippen LogP) is 4.75. The number of benzene rings is 3. The second kappa shape index (κ2) is 11.2. The number of nitrogens with one attached hydrogen (secondary N) is 1. The van der Waals surface area contributed by atoms with Crippen molar-refractivity contribution in [3.8, 4) is 5.75 Å². The molecular formula is C32H36N4O3. The minimum Gasteiger partial charge on any atom is -0.495 e. The maximum absolute atomic E-state index is 13.5. The van der Waals surface area contributed by atoms with Crippen molar-refractivity contribution in [1.29, 1.82) is 0 Å². The summed E-state index contributed by atoms with van der Waals surface area (Å²) in [6.45, 7) is 4.35. The molecule has 2 aliphatic rings. The van der Waals surface area contributed by atoms with Gasteiger partial charge in [0.25, 0.3) is 5.91 Å². The van der Waals surface area contributed by atoms with E-state index >= 15 is 0 Å². The number of rotatable bonds is 6. The number of hydrogen-bond donors (Lipinski definition) is 2. The molecule has 1 aliphatic heterocycles. The summed E-state index contributed by atoms with van der Waals surface area (Å²) >= 11 is 0. The normalized spacial score (nSPS) is 20.3. The van der Waals surface area contributed by atoms with Gasteiger partial charge in [0.2, 0.25) is 0 Å². The fraction of sp³-hybridized carbons (Fsp3) is 0.375. The van der Waals surface area contributed by atoms with Gasteiger partial charge >= 0.3 is 0 Å². The number of carbonyl (C=O) groups is 1. The molecule has 39 heavy (non-hydrogen) atoms. The fourth-order valence-corrected chi connectivity index (χ4v) is 6.09. The summed E-state index contributed by atoms with van der Waals surface area (Å²) in [6, 6.07) is 20.4. The van der Waals surface area contributed by atoms with E-state index in [0.717, 1.165) is 85.9 Å². The van der Waals surface area contributed by atoms with Crippen molar-refractivity contribution in [2.45, 2.75) is 44.4 Å². The summed E-state index contributed by atoms with van der Waals surface area (Å²) in [5, 5.41) is 17.9. The third kappa shape index (κ3) is 5.29. The maximum Gasteiger partial charge on any atom is 0.255 e. The maximum atomic E-state index is 13.5. The van der Waals surface area contributed by atoms with Crippen LogP contribution in [0.4, 0.5) is 5.82 Å². The Morgan fingerprint density at radius 3 is 2.46 bits per heavy atom. The molecule has 1 saturated heterocycles. The molecule has 1 aliphatic carbocycles. The Morgan fingerprint density at radius 2 is 1.69 bits per heavy atom. The van der Waals surface area contributed by atoms with E-state index in [1.165, 1.54) is 5.39 Å². The number of nitrogens with zero attached hydrogens (tertiary/aromatic N) is 3. The number of methoxy groups -OCH3 is 1. The van der Waals surface area contributed by atoms with Crippen molar-refractivity contribution in [3.05, 3.63) is 78.0 Å². The number of anilines is 1. The van der Waals surface area contributed by atoms with Gasteiger partial charge < -0.3 is 20.1 Å². The third-order valence-electron chi connectivity index (χ3n) is 8.28. The topological polar surface area (TPSA) is 77.9 Å². The summed E-state index contributed by atoms with van der Waals surface area (Å²) in [5.41, 5.74) is 1.64. The second-order valence-electron chi connectivity index (χ2n) is 10.7. The molecule has 202 valence electrons. The van der Waals surface area contributed by atoms with E-state index in [9.17, 15) is 9.90 Å². The van der Waals surface area contributed by atoms with Crippen LogP contribution in [-0.2, 0) is 6.54 Å². The number of pyridine rings is 1. The molecular weight excluding hydrogens is 488 g/mol. The molecule has 0 radical (unpaired) electrons. The lowest BCUT2D eigenvalue weighted by Crippen LogP contribution is -2.46. The largest absolute Gasteiger partial charge is 0.495 e. The van der Waals surface area contributed by atoms with Crippen LogP contribution in [0.1, 0.15) is 41.6 Å². The Morgan fingerprint density at radius 1 is 0.974 bits per heavy atom. The van der Waals surface area contributed by atoms with Crippen LogP contribution in [-0.4, -0.2) is 66.3 Å². The highest BCUT2D eigenvalue weighted by Crippen LogP contribution is 2.34. The summed E-state index contributed by atoms with van der Waals surface area (Å²) in [5.74, 6) is 1.42. The Bertz CT molecular complexity index is 1480. The first-order chi connectivity index (χ1) is 19.1. The smallest absolute Gasteiger partial charge is 0.255 e. The average molecular weight is 525 g/mol. The molecule has 4 aromatic rings. The van der Waals surface area contributed by atoms with Gasteiger partial charge in [0, 0.05) is 49.7 Å². The van der Waals surface area contributed by atoms with Gasteiger partial charge in [-0.15, -0.1) is 0 Å². The molecule has 2 atom stereocenters. The second-order valence-corrected chi connectivity index (χ2v) is 10.7. The molecule has 2 N–H and O–H groups in total. The van der Waals surface area contributed by atoms with Crippen LogP contribution in [0.3, 0.4) is 0 Å². The molecule has 3 aromatic carbocycles. The van der Waals surface area contributed by atoms with Crippen LogP contribution in [0.15, 0.2) is 66.9 Å². The van der Waals surface area contributed by atoms with E-state index in [2.05, 4.69) is 45.4 Å². The fourth-order valence-electron chi connectivity index (χ4n) is 6.09. The third-order valence-corrected chi connectivity index (χ3v) is 8.28. The van der Waals surface area contributed by atoms with Gasteiger partial charge in [0.1, 0.15) is 11.6 Å². The van der Waals surface area contributed by atoms with Gasteiger partial charge in [-0.05, 0) is 41.3 Å². The van der Waals surface area contributed by atoms with Gasteiger partial charge in [0.05, 0.1) is 24.8 Å². The van der Waals surface area contributed by atoms with Crippen LogP contribution in [0.2, 0.25) is 0 Å². The van der Waals surface area contributed by atoms with E-state index in [4.69, 9.17) is 9.72 Å². The predicted molar refractivity (Wildman–Crippen MR) is 155 cm³/mol. The lowest BCUT2D eigenvalue weighted by molar-refractivity contribution is 0.0715. The summed E-state index contributed by atoms with van der Waals surface area (Å²) in [4.78, 5) is 23.0. The van der Waals surface area contributed by atoms with Crippen LogP contribution >= 0.6 is 0 Å². The lowest BCUT2D eigenvalue weighted by Gasteiger charge is -2.35. The van der Waals surface area contributed by atoms with Gasteiger partial charge in [0.15, 0.2) is 0 Å². The summed E-state index contributed by atoms with van der Waals surface area (Å²) < 4.78 is 5.78. The van der Waals surface area contributed by atoms with E-state index < -0.39 is 6.10 Å². The molecule has 1 saturated carbocycles. The first-order valence-corrected chi connectivity index (χ1v) is 14.0. The van der Waals surface area contributed by atoms with Crippen LogP contribution < -0.4 is 15.0 Å². The minimum absolute atomic E-state index is 0.183. The first-order valence-electron chi connectivity index (χ1n) is 14.0. The zero-order chi connectivity index (χ0) is 26.8. The minimum atomic E-state index is -0.498. The Labute approximate surface area is 229 Å². The van der Waals surface area contributed by atoms with E-state index in [0.29, 0.717) is 11.3 Å². The average Bonchev–Trinajstić information content (AvgIpc) is 2.98. The first kappa shape index (κ1) is 25.6. The van der Waals surface area contributed by atoms with Crippen LogP contribution in [0, 0.1) is 0 Å². The SMILES string of the molecule is COc1c(C(=O)N[C@H]2CCCC[C@@H]2O)cc(CN2CCN(c3cc4ccccc4cn3)CC2)c2ccccc12. The number of aliphatic hydroxyl groups is 1. The van der Waals surface area contributed by atoms with Gasteiger partial charge in [-0.3, -0.25) is 9.69 Å². The molecule has 7 heteroatoms. The molecule has 2 heterocycles. The number of fused-ring (bicyclic) bond motifs is 2. The number of aliphatic hydroxyl groups excluding tert-OH is 1. The highest BCUT2D eigenvalue weighted by molar-refractivity contribution is 6.05. The van der Waals surface area contributed by atoms with Crippen molar-refractivity contribution in [2.75, 3.05) is 38.2 Å². The molecule has 1 aromatic heterocycles. The summed E-state index contributed by atoms with van der Waals surface area (Å²) in [6.07, 6.45) is 5.00. The molecule has 6 rings (SSSR count). The molecule has 1 amide bonds. The van der Waals surface area contributed by atoms with Gasteiger partial charge in [-0.2, -0.15) is 0 Å². The molecule has 2 fully saturated rings. The number of amides is 1. The quantitative estimate of drug-likeness (QED) is 0.379. The molecule has 7 nitrogen and oxygen atoms in total. The van der Waals surface area contributed by atoms with Crippen molar-refractivity contribution < 1.29 is 14.6 Å². The summed E-state index contributed by atoms with van der Waals surface area (Å²) in [7, 11) is 1.62.